The highest BCUT2D eigenvalue weighted by Gasteiger charge is 2.56. The average molecular weight is 474 g/mol. The summed E-state index contributed by atoms with van der Waals surface area (Å²) in [7, 11) is 0. The fourth-order valence-corrected chi connectivity index (χ4v) is 3.10. The van der Waals surface area contributed by atoms with Gasteiger partial charge in [0.05, 0.1) is 0 Å². The molecular weight excluding hydrogens is 457 g/mol. The first-order valence-corrected chi connectivity index (χ1v) is 9.40. The molecule has 0 unspecified atom stereocenters. The van der Waals surface area contributed by atoms with Gasteiger partial charge in [0.25, 0.3) is 0 Å². The second-order valence-corrected chi connectivity index (χ2v) is 7.12. The lowest BCUT2D eigenvalue weighted by molar-refractivity contribution is -0.193. The second kappa shape index (κ2) is 8.99. The van der Waals surface area contributed by atoms with E-state index in [0.717, 1.165) is 12.3 Å². The van der Waals surface area contributed by atoms with Crippen molar-refractivity contribution in [3.8, 4) is 16.9 Å². The van der Waals surface area contributed by atoms with Gasteiger partial charge in [0.15, 0.2) is 12.2 Å². The van der Waals surface area contributed by atoms with Crippen LogP contribution < -0.4 is 10.5 Å². The number of alkyl halides is 5. The molecule has 0 aliphatic carbocycles. The van der Waals surface area contributed by atoms with Crippen LogP contribution in [0.25, 0.3) is 11.1 Å². The average Bonchev–Trinajstić information content (AvgIpc) is 2.77. The van der Waals surface area contributed by atoms with E-state index in [9.17, 15) is 27.1 Å². The van der Waals surface area contributed by atoms with Crippen LogP contribution in [0.2, 0.25) is 0 Å². The summed E-state index contributed by atoms with van der Waals surface area (Å²) in [5.74, 6) is -6.61. The van der Waals surface area contributed by atoms with Crippen molar-refractivity contribution in [3.05, 3.63) is 83.7 Å². The van der Waals surface area contributed by atoms with Gasteiger partial charge in [-0.15, -0.1) is 0 Å². The summed E-state index contributed by atoms with van der Waals surface area (Å²) < 4.78 is 98.9. The molecule has 0 radical (unpaired) electrons. The molecule has 4 nitrogen and oxygen atoms in total. The minimum absolute atomic E-state index is 0.0403. The van der Waals surface area contributed by atoms with E-state index in [1.807, 2.05) is 0 Å². The van der Waals surface area contributed by atoms with Gasteiger partial charge in [-0.1, -0.05) is 24.3 Å². The maximum atomic E-state index is 15.2. The number of aromatic nitrogens is 1. The van der Waals surface area contributed by atoms with E-state index >= 15 is 8.78 Å². The third kappa shape index (κ3) is 5.09. The first-order valence-electron chi connectivity index (χ1n) is 9.40. The molecule has 0 bridgehead atoms. The van der Waals surface area contributed by atoms with Crippen molar-refractivity contribution in [2.24, 2.45) is 5.73 Å². The molecular formula is C22H17F7N2O2. The highest BCUT2D eigenvalue weighted by Crippen LogP contribution is 2.45. The maximum Gasteiger partial charge on any atom is 0.422 e. The van der Waals surface area contributed by atoms with Crippen molar-refractivity contribution in [2.45, 2.75) is 17.7 Å². The van der Waals surface area contributed by atoms with Gasteiger partial charge in [0.1, 0.15) is 23.1 Å². The fraction of sp³-hybridized carbons (Fsp3) is 0.227. The number of nitrogens with two attached hydrogens (primary N) is 1. The van der Waals surface area contributed by atoms with Gasteiger partial charge >= 0.3 is 12.1 Å². The van der Waals surface area contributed by atoms with Crippen LogP contribution in [0.15, 0.2) is 60.8 Å². The van der Waals surface area contributed by atoms with Crippen molar-refractivity contribution < 1.29 is 40.6 Å². The molecule has 0 saturated heterocycles. The molecule has 0 aliphatic rings. The Morgan fingerprint density at radius 3 is 2.03 bits per heavy atom. The molecule has 0 aliphatic heterocycles. The van der Waals surface area contributed by atoms with Crippen molar-refractivity contribution in [2.75, 3.05) is 13.2 Å². The Hall–Kier alpha value is -3.18. The zero-order valence-corrected chi connectivity index (χ0v) is 16.7. The van der Waals surface area contributed by atoms with Gasteiger partial charge < -0.3 is 15.6 Å². The van der Waals surface area contributed by atoms with Crippen LogP contribution in [0.1, 0.15) is 11.3 Å². The second-order valence-electron chi connectivity index (χ2n) is 7.12. The van der Waals surface area contributed by atoms with Crippen LogP contribution in [0.3, 0.4) is 0 Å². The maximum absolute atomic E-state index is 15.2. The van der Waals surface area contributed by atoms with Crippen LogP contribution in [0, 0.1) is 11.6 Å². The first-order chi connectivity index (χ1) is 15.4. The summed E-state index contributed by atoms with van der Waals surface area (Å²) in [6.45, 7) is -2.55. The van der Waals surface area contributed by atoms with Crippen LogP contribution in [0.4, 0.5) is 30.7 Å². The van der Waals surface area contributed by atoms with Crippen LogP contribution >= 0.6 is 0 Å². The third-order valence-corrected chi connectivity index (χ3v) is 4.87. The van der Waals surface area contributed by atoms with Crippen molar-refractivity contribution >= 4 is 0 Å². The van der Waals surface area contributed by atoms with Gasteiger partial charge in [-0.05, 0) is 29.8 Å². The van der Waals surface area contributed by atoms with Crippen molar-refractivity contribution in [1.82, 2.24) is 4.98 Å². The number of hydrogen-bond acceptors (Lipinski definition) is 4. The summed E-state index contributed by atoms with van der Waals surface area (Å²) in [5, 5.41) is 10.6. The Morgan fingerprint density at radius 2 is 1.52 bits per heavy atom. The quantitative estimate of drug-likeness (QED) is 0.478. The summed E-state index contributed by atoms with van der Waals surface area (Å²) in [5.41, 5.74) is 1.10. The largest absolute Gasteiger partial charge is 0.484 e. The van der Waals surface area contributed by atoms with E-state index in [0.29, 0.717) is 29.3 Å². The summed E-state index contributed by atoms with van der Waals surface area (Å²) in [4.78, 5) is 3.66. The van der Waals surface area contributed by atoms with E-state index in [4.69, 9.17) is 5.73 Å². The molecule has 2 aromatic carbocycles. The van der Waals surface area contributed by atoms with Crippen LogP contribution in [0.5, 0.6) is 5.75 Å². The molecule has 3 N–H and O–H groups in total. The standard InChI is InChI=1S/C22H17F7N2O2/c23-15-4-7-17(18(24)9-15)20(32,11-30)22(28,29)19-8-3-14(10-31-19)13-1-5-16(6-2-13)33-12-21(25,26)27/h1-10,32H,11-12,30H2/t20-/m1/s1. The van der Waals surface area contributed by atoms with Gasteiger partial charge in [-0.2, -0.15) is 22.0 Å². The molecule has 3 aromatic rings. The van der Waals surface area contributed by atoms with Crippen molar-refractivity contribution in [1.29, 1.82) is 0 Å². The lowest BCUT2D eigenvalue weighted by atomic mass is 9.84. The lowest BCUT2D eigenvalue weighted by Crippen LogP contribution is -2.50. The number of hydrogen-bond donors (Lipinski definition) is 2. The number of nitrogens with zero attached hydrogens (tertiary/aromatic N) is 1. The topological polar surface area (TPSA) is 68.4 Å². The molecule has 0 fully saturated rings. The predicted molar refractivity (Wildman–Crippen MR) is 104 cm³/mol. The zero-order chi connectivity index (χ0) is 24.4. The predicted octanol–water partition coefficient (Wildman–Crippen LogP) is 4.91. The number of aliphatic hydroxyl groups is 1. The number of rotatable bonds is 7. The monoisotopic (exact) mass is 474 g/mol. The first kappa shape index (κ1) is 24.5. The number of benzene rings is 2. The van der Waals surface area contributed by atoms with E-state index < -0.39 is 53.7 Å². The summed E-state index contributed by atoms with van der Waals surface area (Å²) in [6.07, 6.45) is -3.45. The Morgan fingerprint density at radius 1 is 0.879 bits per heavy atom. The fourth-order valence-electron chi connectivity index (χ4n) is 3.10. The SMILES string of the molecule is NC[C@@](O)(c1ccc(F)cc1F)C(F)(F)c1ccc(-c2ccc(OCC(F)(F)F)cc2)cn1. The Bertz CT molecular complexity index is 1100. The molecule has 0 saturated carbocycles. The van der Waals surface area contributed by atoms with Gasteiger partial charge in [0, 0.05) is 29.9 Å². The van der Waals surface area contributed by atoms with E-state index in [1.165, 1.54) is 30.3 Å². The van der Waals surface area contributed by atoms with Gasteiger partial charge in [0.2, 0.25) is 0 Å². The molecule has 0 spiro atoms. The van der Waals surface area contributed by atoms with E-state index in [1.54, 1.807) is 0 Å². The number of pyridine rings is 1. The molecule has 3 rings (SSSR count). The highest BCUT2D eigenvalue weighted by molar-refractivity contribution is 5.63. The molecule has 1 heterocycles. The molecule has 33 heavy (non-hydrogen) atoms. The Balaban J connectivity index is 1.86. The van der Waals surface area contributed by atoms with Crippen LogP contribution in [-0.2, 0) is 11.5 Å². The number of halogens is 7. The summed E-state index contributed by atoms with van der Waals surface area (Å²) >= 11 is 0. The molecule has 1 aromatic heterocycles. The van der Waals surface area contributed by atoms with E-state index in [-0.39, 0.29) is 5.75 Å². The lowest BCUT2D eigenvalue weighted by Gasteiger charge is -2.35. The molecule has 11 heteroatoms. The summed E-state index contributed by atoms with van der Waals surface area (Å²) in [6, 6.07) is 9.24. The van der Waals surface area contributed by atoms with Gasteiger partial charge in [-0.3, -0.25) is 4.98 Å². The molecule has 1 atom stereocenters. The Kier molecular flexibility index (Phi) is 6.66. The highest BCUT2D eigenvalue weighted by atomic mass is 19.4. The minimum atomic E-state index is -4.49. The smallest absolute Gasteiger partial charge is 0.422 e. The van der Waals surface area contributed by atoms with Gasteiger partial charge in [-0.25, -0.2) is 8.78 Å². The Labute approximate surface area is 183 Å². The third-order valence-electron chi connectivity index (χ3n) is 4.87. The molecule has 176 valence electrons. The molecule has 0 amide bonds. The normalized spacial score (nSPS) is 14.1. The van der Waals surface area contributed by atoms with Crippen LogP contribution in [-0.4, -0.2) is 29.4 Å². The zero-order valence-electron chi connectivity index (χ0n) is 16.7. The van der Waals surface area contributed by atoms with E-state index in [2.05, 4.69) is 9.72 Å². The minimum Gasteiger partial charge on any atom is -0.484 e. The number of ether oxygens (including phenoxy) is 1. The van der Waals surface area contributed by atoms with Crippen molar-refractivity contribution in [3.63, 3.8) is 0 Å².